The van der Waals surface area contributed by atoms with E-state index in [0.29, 0.717) is 12.8 Å². The molecule has 1 aliphatic rings. The fraction of sp³-hybridized carbons (Fsp3) is 0.455. The second kappa shape index (κ2) is 9.41. The molecule has 1 fully saturated rings. The van der Waals surface area contributed by atoms with Gasteiger partial charge in [-0.25, -0.2) is 4.57 Å². The summed E-state index contributed by atoms with van der Waals surface area (Å²) in [5.41, 5.74) is 8.08. The maximum Gasteiger partial charge on any atom is 0.469 e. The third kappa shape index (κ3) is 6.95. The second-order valence-corrected chi connectivity index (χ2v) is 9.33. The zero-order valence-electron chi connectivity index (χ0n) is 16.7. The van der Waals surface area contributed by atoms with Gasteiger partial charge in [-0.1, -0.05) is 42.5 Å². The molecule has 2 aromatic carbocycles. The maximum atomic E-state index is 10.9. The van der Waals surface area contributed by atoms with Crippen LogP contribution >= 0.6 is 7.82 Å². The van der Waals surface area contributed by atoms with Crippen molar-refractivity contribution < 1.29 is 23.6 Å². The molecular formula is C22H30NO5P. The van der Waals surface area contributed by atoms with Crippen LogP contribution in [0.3, 0.4) is 0 Å². The Morgan fingerprint density at radius 3 is 2.52 bits per heavy atom. The SMILES string of the molecule is C[C@H](CCc1ccc([C@@H]2CC[C@@](N)(COP(=O)(O)O)C2)cc1)Oc1ccccc1. The van der Waals surface area contributed by atoms with Crippen molar-refractivity contribution in [2.24, 2.45) is 5.73 Å². The Morgan fingerprint density at radius 2 is 1.86 bits per heavy atom. The average Bonchev–Trinajstić information content (AvgIpc) is 3.08. The highest BCUT2D eigenvalue weighted by molar-refractivity contribution is 7.46. The van der Waals surface area contributed by atoms with Crippen LogP contribution in [0.25, 0.3) is 0 Å². The minimum absolute atomic E-state index is 0.120. The Labute approximate surface area is 172 Å². The quantitative estimate of drug-likeness (QED) is 0.528. The molecule has 4 N–H and O–H groups in total. The van der Waals surface area contributed by atoms with Crippen molar-refractivity contribution in [2.45, 2.75) is 56.6 Å². The lowest BCUT2D eigenvalue weighted by molar-refractivity contribution is 0.153. The van der Waals surface area contributed by atoms with E-state index in [9.17, 15) is 4.57 Å². The molecule has 29 heavy (non-hydrogen) atoms. The van der Waals surface area contributed by atoms with Gasteiger partial charge in [-0.2, -0.15) is 0 Å². The zero-order valence-corrected chi connectivity index (χ0v) is 17.6. The number of rotatable bonds is 9. The third-order valence-corrected chi connectivity index (χ3v) is 6.00. The van der Waals surface area contributed by atoms with E-state index in [1.54, 1.807) is 0 Å². The van der Waals surface area contributed by atoms with Crippen LogP contribution in [-0.2, 0) is 15.5 Å². The summed E-state index contributed by atoms with van der Waals surface area (Å²) in [7, 11) is -4.49. The molecule has 0 radical (unpaired) electrons. The van der Waals surface area contributed by atoms with Crippen molar-refractivity contribution >= 4 is 7.82 Å². The van der Waals surface area contributed by atoms with Gasteiger partial charge in [0.15, 0.2) is 0 Å². The molecule has 0 amide bonds. The largest absolute Gasteiger partial charge is 0.491 e. The number of benzene rings is 2. The lowest BCUT2D eigenvalue weighted by Gasteiger charge is -2.24. The number of hydrogen-bond donors (Lipinski definition) is 3. The third-order valence-electron chi connectivity index (χ3n) is 5.53. The fourth-order valence-corrected chi connectivity index (χ4v) is 4.33. The van der Waals surface area contributed by atoms with Crippen LogP contribution in [0.15, 0.2) is 54.6 Å². The fourth-order valence-electron chi connectivity index (χ4n) is 3.90. The van der Waals surface area contributed by atoms with Crippen LogP contribution in [0.4, 0.5) is 0 Å². The van der Waals surface area contributed by atoms with E-state index in [1.165, 1.54) is 11.1 Å². The van der Waals surface area contributed by atoms with Gasteiger partial charge in [-0.3, -0.25) is 4.52 Å². The molecule has 6 nitrogen and oxygen atoms in total. The molecule has 0 heterocycles. The molecule has 0 spiro atoms. The van der Waals surface area contributed by atoms with Crippen LogP contribution < -0.4 is 10.5 Å². The highest BCUT2D eigenvalue weighted by atomic mass is 31.2. The predicted molar refractivity (Wildman–Crippen MR) is 113 cm³/mol. The Hall–Kier alpha value is -1.69. The van der Waals surface area contributed by atoms with Crippen LogP contribution in [0.5, 0.6) is 5.75 Å². The predicted octanol–water partition coefficient (Wildman–Crippen LogP) is 4.16. The minimum atomic E-state index is -4.49. The van der Waals surface area contributed by atoms with Crippen molar-refractivity contribution in [2.75, 3.05) is 6.61 Å². The molecule has 3 atom stereocenters. The van der Waals surface area contributed by atoms with Crippen LogP contribution in [0.2, 0.25) is 0 Å². The molecule has 1 saturated carbocycles. The first-order valence-electron chi connectivity index (χ1n) is 10.0. The number of aryl methyl sites for hydroxylation is 1. The topological polar surface area (TPSA) is 102 Å². The number of ether oxygens (including phenoxy) is 1. The highest BCUT2D eigenvalue weighted by Gasteiger charge is 2.38. The monoisotopic (exact) mass is 419 g/mol. The summed E-state index contributed by atoms with van der Waals surface area (Å²) >= 11 is 0. The summed E-state index contributed by atoms with van der Waals surface area (Å²) in [6.07, 6.45) is 4.25. The zero-order chi connectivity index (χ0) is 20.9. The summed E-state index contributed by atoms with van der Waals surface area (Å²) in [4.78, 5) is 17.8. The Morgan fingerprint density at radius 1 is 1.17 bits per heavy atom. The number of para-hydroxylation sites is 1. The second-order valence-electron chi connectivity index (χ2n) is 8.09. The molecular weight excluding hydrogens is 389 g/mol. The Balaban J connectivity index is 1.48. The molecule has 1 aliphatic carbocycles. The van der Waals surface area contributed by atoms with Crippen LogP contribution in [-0.4, -0.2) is 28.0 Å². The van der Waals surface area contributed by atoms with Gasteiger partial charge in [0.25, 0.3) is 0 Å². The molecule has 158 valence electrons. The maximum absolute atomic E-state index is 10.9. The van der Waals surface area contributed by atoms with E-state index in [1.807, 2.05) is 30.3 Å². The summed E-state index contributed by atoms with van der Waals surface area (Å²) in [6.45, 7) is 1.96. The number of phosphoric acid groups is 1. The van der Waals surface area contributed by atoms with E-state index in [-0.39, 0.29) is 18.6 Å². The molecule has 0 aromatic heterocycles. The van der Waals surface area contributed by atoms with Gasteiger partial charge in [0.1, 0.15) is 5.75 Å². The van der Waals surface area contributed by atoms with Crippen molar-refractivity contribution in [1.29, 1.82) is 0 Å². The number of phosphoric ester groups is 1. The van der Waals surface area contributed by atoms with E-state index >= 15 is 0 Å². The van der Waals surface area contributed by atoms with Crippen molar-refractivity contribution in [3.8, 4) is 5.75 Å². The van der Waals surface area contributed by atoms with E-state index in [0.717, 1.165) is 25.0 Å². The lowest BCUT2D eigenvalue weighted by Crippen LogP contribution is -2.41. The van der Waals surface area contributed by atoms with Gasteiger partial charge in [0.05, 0.1) is 12.7 Å². The van der Waals surface area contributed by atoms with Gasteiger partial charge in [-0.15, -0.1) is 0 Å². The van der Waals surface area contributed by atoms with Gasteiger partial charge in [-0.05, 0) is 68.2 Å². The molecule has 7 heteroatoms. The van der Waals surface area contributed by atoms with Crippen molar-refractivity contribution in [3.05, 3.63) is 65.7 Å². The first-order valence-corrected chi connectivity index (χ1v) is 11.5. The molecule has 3 rings (SSSR count). The van der Waals surface area contributed by atoms with Crippen LogP contribution in [0, 0.1) is 0 Å². The van der Waals surface area contributed by atoms with Gasteiger partial charge < -0.3 is 20.3 Å². The normalized spacial score (nSPS) is 23.1. The summed E-state index contributed by atoms with van der Waals surface area (Å²) in [6, 6.07) is 18.4. The Kier molecular flexibility index (Phi) is 7.14. The summed E-state index contributed by atoms with van der Waals surface area (Å²) < 4.78 is 21.5. The van der Waals surface area contributed by atoms with Crippen LogP contribution in [0.1, 0.15) is 49.7 Å². The first-order chi connectivity index (χ1) is 13.7. The standard InChI is InChI=1S/C22H30NO5P/c1-17(28-21-5-3-2-4-6-21)7-8-18-9-11-19(12-10-18)20-13-14-22(23,15-20)16-27-29(24,25)26/h2-6,9-12,17,20H,7-8,13-16,23H2,1H3,(H2,24,25,26)/t17-,20-,22+/m1/s1. The average molecular weight is 419 g/mol. The van der Waals surface area contributed by atoms with Crippen molar-refractivity contribution in [3.63, 3.8) is 0 Å². The summed E-state index contributed by atoms with van der Waals surface area (Å²) in [5, 5.41) is 0. The highest BCUT2D eigenvalue weighted by Crippen LogP contribution is 2.43. The molecule has 2 aromatic rings. The van der Waals surface area contributed by atoms with Gasteiger partial charge in [0, 0.05) is 5.54 Å². The Bertz CT molecular complexity index is 823. The van der Waals surface area contributed by atoms with E-state index < -0.39 is 13.4 Å². The molecule has 0 aliphatic heterocycles. The molecule has 0 bridgehead atoms. The molecule has 0 unspecified atom stereocenters. The first kappa shape index (κ1) is 22.0. The van der Waals surface area contributed by atoms with E-state index in [2.05, 4.69) is 35.7 Å². The minimum Gasteiger partial charge on any atom is -0.491 e. The van der Waals surface area contributed by atoms with Gasteiger partial charge >= 0.3 is 7.82 Å². The van der Waals surface area contributed by atoms with Crippen molar-refractivity contribution in [1.82, 2.24) is 0 Å². The lowest BCUT2D eigenvalue weighted by atomic mass is 9.92. The molecule has 0 saturated heterocycles. The number of nitrogens with two attached hydrogens (primary N) is 1. The smallest absolute Gasteiger partial charge is 0.469 e. The van der Waals surface area contributed by atoms with Gasteiger partial charge in [0.2, 0.25) is 0 Å². The number of hydrogen-bond acceptors (Lipinski definition) is 4. The summed E-state index contributed by atoms with van der Waals surface area (Å²) in [5.74, 6) is 1.18. The van der Waals surface area contributed by atoms with E-state index in [4.69, 9.17) is 20.3 Å².